The van der Waals surface area contributed by atoms with Crippen LogP contribution in [0.1, 0.15) is 22.4 Å². The van der Waals surface area contributed by atoms with Crippen molar-refractivity contribution in [1.29, 1.82) is 0 Å². The summed E-state index contributed by atoms with van der Waals surface area (Å²) in [5.74, 6) is 0.502. The highest BCUT2D eigenvalue weighted by Gasteiger charge is 2.32. The largest absolute Gasteiger partial charge is 0.338 e. The zero-order chi connectivity index (χ0) is 15.6. The van der Waals surface area contributed by atoms with Crippen LogP contribution >= 0.6 is 11.3 Å². The van der Waals surface area contributed by atoms with E-state index in [0.29, 0.717) is 5.91 Å². The second kappa shape index (κ2) is 6.42. The van der Waals surface area contributed by atoms with Gasteiger partial charge < -0.3 is 4.90 Å². The van der Waals surface area contributed by atoms with Crippen molar-refractivity contribution in [2.45, 2.75) is 25.9 Å². The monoisotopic (exact) mass is 327 g/mol. The number of carbonyl (C=O) groups excluding carboxylic acids is 1. The number of hydrogen-bond acceptors (Lipinski definition) is 4. The van der Waals surface area contributed by atoms with Gasteiger partial charge in [-0.05, 0) is 48.0 Å². The molecule has 4 heterocycles. The molecule has 120 valence electrons. The van der Waals surface area contributed by atoms with Crippen LogP contribution in [0.25, 0.3) is 0 Å². The molecule has 1 amide bonds. The molecule has 0 aromatic carbocycles. The second-order valence-corrected chi connectivity index (χ2v) is 7.46. The zero-order valence-electron chi connectivity index (χ0n) is 13.1. The third kappa shape index (κ3) is 3.16. The first-order chi connectivity index (χ1) is 11.3. The van der Waals surface area contributed by atoms with E-state index in [0.717, 1.165) is 45.6 Å². The number of amides is 1. The van der Waals surface area contributed by atoms with E-state index < -0.39 is 0 Å². The lowest BCUT2D eigenvalue weighted by Gasteiger charge is -2.29. The maximum absolute atomic E-state index is 12.8. The van der Waals surface area contributed by atoms with Gasteiger partial charge in [0.05, 0.1) is 5.92 Å². The van der Waals surface area contributed by atoms with E-state index in [1.54, 1.807) is 6.20 Å². The van der Waals surface area contributed by atoms with Crippen LogP contribution in [0.5, 0.6) is 0 Å². The highest BCUT2D eigenvalue weighted by Crippen LogP contribution is 2.27. The first-order valence-electron chi connectivity index (χ1n) is 8.25. The number of aromatic nitrogens is 1. The summed E-state index contributed by atoms with van der Waals surface area (Å²) < 4.78 is 0. The van der Waals surface area contributed by atoms with Crippen LogP contribution in [0, 0.1) is 5.92 Å². The summed E-state index contributed by atoms with van der Waals surface area (Å²) >= 11 is 1.82. The van der Waals surface area contributed by atoms with E-state index in [4.69, 9.17) is 0 Å². The fourth-order valence-electron chi connectivity index (χ4n) is 3.62. The molecule has 2 aliphatic rings. The Labute approximate surface area is 140 Å². The fraction of sp³-hybridized carbons (Fsp3) is 0.444. The van der Waals surface area contributed by atoms with Gasteiger partial charge in [-0.1, -0.05) is 6.07 Å². The van der Waals surface area contributed by atoms with Crippen molar-refractivity contribution in [2.75, 3.05) is 19.6 Å². The normalized spacial score (nSPS) is 21.4. The van der Waals surface area contributed by atoms with Gasteiger partial charge in [-0.2, -0.15) is 0 Å². The van der Waals surface area contributed by atoms with E-state index in [1.165, 1.54) is 16.0 Å². The summed E-state index contributed by atoms with van der Waals surface area (Å²) in [5.41, 5.74) is 2.57. The lowest BCUT2D eigenvalue weighted by Crippen LogP contribution is -2.40. The Kier molecular flexibility index (Phi) is 4.14. The number of likely N-dealkylation sites (tertiary alicyclic amines) is 1. The van der Waals surface area contributed by atoms with E-state index >= 15 is 0 Å². The van der Waals surface area contributed by atoms with Crippen LogP contribution in [0.15, 0.2) is 36.0 Å². The number of rotatable bonds is 3. The van der Waals surface area contributed by atoms with Crippen molar-refractivity contribution in [2.24, 2.45) is 5.92 Å². The maximum Gasteiger partial charge on any atom is 0.227 e. The molecule has 4 nitrogen and oxygen atoms in total. The van der Waals surface area contributed by atoms with Crippen molar-refractivity contribution in [3.63, 3.8) is 0 Å². The molecule has 5 heteroatoms. The van der Waals surface area contributed by atoms with Gasteiger partial charge in [-0.15, -0.1) is 11.3 Å². The molecule has 4 rings (SSSR count). The molecule has 0 aliphatic carbocycles. The van der Waals surface area contributed by atoms with Crippen molar-refractivity contribution >= 4 is 17.2 Å². The fourth-order valence-corrected chi connectivity index (χ4v) is 4.51. The molecule has 2 aromatic rings. The van der Waals surface area contributed by atoms with Gasteiger partial charge in [0.2, 0.25) is 5.91 Å². The number of carbonyl (C=O) groups is 1. The number of thiophene rings is 1. The highest BCUT2D eigenvalue weighted by molar-refractivity contribution is 7.10. The quantitative estimate of drug-likeness (QED) is 0.869. The Morgan fingerprint density at radius 2 is 2.30 bits per heavy atom. The van der Waals surface area contributed by atoms with Gasteiger partial charge in [0.25, 0.3) is 0 Å². The predicted octanol–water partition coefficient (Wildman–Crippen LogP) is 2.55. The molecule has 0 saturated carbocycles. The molecule has 0 bridgehead atoms. The van der Waals surface area contributed by atoms with Crippen LogP contribution in [-0.2, 0) is 24.3 Å². The van der Waals surface area contributed by atoms with Crippen molar-refractivity contribution in [3.05, 3.63) is 52.0 Å². The second-order valence-electron chi connectivity index (χ2n) is 6.46. The minimum absolute atomic E-state index is 0.159. The smallest absolute Gasteiger partial charge is 0.227 e. The minimum atomic E-state index is 0.159. The average molecular weight is 327 g/mol. The molecule has 0 radical (unpaired) electrons. The Morgan fingerprint density at radius 3 is 3.17 bits per heavy atom. The van der Waals surface area contributed by atoms with Gasteiger partial charge in [-0.3, -0.25) is 14.7 Å². The van der Waals surface area contributed by atoms with Crippen LogP contribution in [0.3, 0.4) is 0 Å². The summed E-state index contributed by atoms with van der Waals surface area (Å²) in [6.45, 7) is 4.46. The van der Waals surface area contributed by atoms with E-state index in [2.05, 4.69) is 32.3 Å². The number of fused-ring (bicyclic) bond motifs is 1. The average Bonchev–Trinajstić information content (AvgIpc) is 3.23. The van der Waals surface area contributed by atoms with Gasteiger partial charge in [0.15, 0.2) is 0 Å². The first-order valence-corrected chi connectivity index (χ1v) is 9.13. The van der Waals surface area contributed by atoms with Gasteiger partial charge in [0.1, 0.15) is 0 Å². The Balaban J connectivity index is 1.35. The summed E-state index contributed by atoms with van der Waals surface area (Å²) in [6, 6.07) is 6.24. The lowest BCUT2D eigenvalue weighted by atomic mass is 10.0. The Morgan fingerprint density at radius 1 is 1.35 bits per heavy atom. The van der Waals surface area contributed by atoms with E-state index in [-0.39, 0.29) is 5.92 Å². The minimum Gasteiger partial charge on any atom is -0.338 e. The number of hydrogen-bond donors (Lipinski definition) is 0. The van der Waals surface area contributed by atoms with E-state index in [1.807, 2.05) is 23.6 Å². The molecule has 1 saturated heterocycles. The van der Waals surface area contributed by atoms with Crippen LogP contribution in [-0.4, -0.2) is 40.3 Å². The van der Waals surface area contributed by atoms with Gasteiger partial charge in [0, 0.05) is 43.4 Å². The van der Waals surface area contributed by atoms with Crippen LogP contribution in [0.2, 0.25) is 0 Å². The SMILES string of the molecule is O=C(C1CCN(Cc2cccnc2)C1)N1CCc2sccc2C1. The molecule has 0 N–H and O–H groups in total. The highest BCUT2D eigenvalue weighted by atomic mass is 32.1. The van der Waals surface area contributed by atoms with Gasteiger partial charge in [-0.25, -0.2) is 0 Å². The maximum atomic E-state index is 12.8. The Hall–Kier alpha value is -1.72. The number of pyridine rings is 1. The Bertz CT molecular complexity index is 685. The van der Waals surface area contributed by atoms with Crippen molar-refractivity contribution in [3.8, 4) is 0 Å². The summed E-state index contributed by atoms with van der Waals surface area (Å²) in [5, 5.41) is 2.14. The molecule has 2 aromatic heterocycles. The topological polar surface area (TPSA) is 36.4 Å². The molecule has 1 unspecified atom stereocenters. The third-order valence-electron chi connectivity index (χ3n) is 4.87. The molecule has 1 atom stereocenters. The summed E-state index contributed by atoms with van der Waals surface area (Å²) in [4.78, 5) is 22.9. The molecule has 0 spiro atoms. The summed E-state index contributed by atoms with van der Waals surface area (Å²) in [6.07, 6.45) is 5.71. The van der Waals surface area contributed by atoms with E-state index in [9.17, 15) is 4.79 Å². The predicted molar refractivity (Wildman–Crippen MR) is 91.1 cm³/mol. The molecule has 2 aliphatic heterocycles. The first kappa shape index (κ1) is 14.8. The van der Waals surface area contributed by atoms with Crippen LogP contribution < -0.4 is 0 Å². The standard InChI is InChI=1S/C18H21N3OS/c22-18(21-8-4-17-15(13-21)5-9-23-17)16-3-7-20(12-16)11-14-2-1-6-19-10-14/h1-2,5-6,9-10,16H,3-4,7-8,11-13H2. The van der Waals surface area contributed by atoms with Crippen LogP contribution in [0.4, 0.5) is 0 Å². The van der Waals surface area contributed by atoms with Gasteiger partial charge >= 0.3 is 0 Å². The molecule has 23 heavy (non-hydrogen) atoms. The summed E-state index contributed by atoms with van der Waals surface area (Å²) in [7, 11) is 0. The molecule has 1 fully saturated rings. The molecular weight excluding hydrogens is 306 g/mol. The van der Waals surface area contributed by atoms with Crippen molar-refractivity contribution in [1.82, 2.24) is 14.8 Å². The third-order valence-corrected chi connectivity index (χ3v) is 5.89. The number of nitrogens with zero attached hydrogens (tertiary/aromatic N) is 3. The van der Waals surface area contributed by atoms with Crippen molar-refractivity contribution < 1.29 is 4.79 Å². The lowest BCUT2D eigenvalue weighted by molar-refractivity contribution is -0.136. The zero-order valence-corrected chi connectivity index (χ0v) is 14.0. The molecular formula is C18H21N3OS.